The maximum atomic E-state index is 14.9. The van der Waals surface area contributed by atoms with Crippen LogP contribution in [0, 0.1) is 40.8 Å². The molecule has 0 amide bonds. The highest BCUT2D eigenvalue weighted by molar-refractivity contribution is 5.66. The molecule has 1 aliphatic rings. The summed E-state index contributed by atoms with van der Waals surface area (Å²) >= 11 is 0. The molecule has 3 aromatic carbocycles. The molecule has 0 aliphatic carbocycles. The highest BCUT2D eigenvalue weighted by atomic mass is 19.2. The van der Waals surface area contributed by atoms with Gasteiger partial charge in [0.25, 0.3) is 0 Å². The molecule has 0 radical (unpaired) electrons. The van der Waals surface area contributed by atoms with Gasteiger partial charge in [-0.3, -0.25) is 0 Å². The number of nitrogens with two attached hydrogens (primary N) is 1. The third-order valence-corrected chi connectivity index (χ3v) is 6.49. The van der Waals surface area contributed by atoms with Crippen LogP contribution in [0.1, 0.15) is 43.4 Å². The van der Waals surface area contributed by atoms with E-state index in [-0.39, 0.29) is 34.8 Å². The number of ether oxygens (including phenoxy) is 2. The molecule has 192 valence electrons. The Hall–Kier alpha value is -3.04. The van der Waals surface area contributed by atoms with Gasteiger partial charge in [-0.2, -0.15) is 0 Å². The summed E-state index contributed by atoms with van der Waals surface area (Å²) in [5, 5.41) is 0. The van der Waals surface area contributed by atoms with E-state index >= 15 is 0 Å². The summed E-state index contributed by atoms with van der Waals surface area (Å²) in [5.74, 6) is -8.06. The normalized spacial score (nSPS) is 18.8. The first-order chi connectivity index (χ1) is 17.2. The average Bonchev–Trinajstić information content (AvgIpc) is 2.86. The van der Waals surface area contributed by atoms with E-state index in [1.807, 2.05) is 6.92 Å². The fraction of sp³-hybridized carbons (Fsp3) is 0.333. The summed E-state index contributed by atoms with van der Waals surface area (Å²) in [4.78, 5) is 0. The minimum atomic E-state index is -1.66. The molecule has 4 rings (SSSR count). The van der Waals surface area contributed by atoms with Gasteiger partial charge in [0.15, 0.2) is 34.8 Å². The van der Waals surface area contributed by atoms with Crippen molar-refractivity contribution in [2.45, 2.75) is 44.9 Å². The van der Waals surface area contributed by atoms with E-state index in [1.165, 1.54) is 12.1 Å². The molecule has 0 saturated carbocycles. The van der Waals surface area contributed by atoms with Gasteiger partial charge in [-0.05, 0) is 72.2 Å². The molecular formula is C27H25F6NO2. The lowest BCUT2D eigenvalue weighted by Gasteiger charge is -2.32. The SMILES string of the molecule is CCC(N)C1CCC(c2ccc(-c3cc(F)c(OCc4cc(F)c(F)c(F)c4)c(F)c3)c(F)c2)OC1. The largest absolute Gasteiger partial charge is 0.483 e. The second kappa shape index (κ2) is 10.9. The van der Waals surface area contributed by atoms with Crippen molar-refractivity contribution in [3.63, 3.8) is 0 Å². The number of hydrogen-bond acceptors (Lipinski definition) is 3. The second-order valence-corrected chi connectivity index (χ2v) is 8.90. The van der Waals surface area contributed by atoms with E-state index in [1.54, 1.807) is 6.07 Å². The zero-order valence-electron chi connectivity index (χ0n) is 19.5. The predicted octanol–water partition coefficient (Wildman–Crippen LogP) is 6.97. The Labute approximate surface area is 204 Å². The molecule has 3 aromatic rings. The van der Waals surface area contributed by atoms with E-state index in [0.717, 1.165) is 25.0 Å². The number of rotatable bonds is 7. The molecule has 1 heterocycles. The van der Waals surface area contributed by atoms with Crippen LogP contribution in [-0.2, 0) is 11.3 Å². The summed E-state index contributed by atoms with van der Waals surface area (Å²) < 4.78 is 94.9. The standard InChI is InChI=1S/C27H25F6NO2/c1-2-24(34)16-4-6-25(35-13-16)15-3-5-18(19(28)9-15)17-10-22(31)27(23(32)11-17)36-12-14-7-20(29)26(33)21(30)8-14/h3,5,7-11,16,24-25H,2,4,6,12-13,34H2,1H3. The third-order valence-electron chi connectivity index (χ3n) is 6.49. The Balaban J connectivity index is 1.48. The molecule has 1 saturated heterocycles. The topological polar surface area (TPSA) is 44.5 Å². The van der Waals surface area contributed by atoms with Crippen LogP contribution in [0.4, 0.5) is 26.3 Å². The first-order valence-electron chi connectivity index (χ1n) is 11.6. The van der Waals surface area contributed by atoms with Gasteiger partial charge < -0.3 is 15.2 Å². The highest BCUT2D eigenvalue weighted by Gasteiger charge is 2.27. The minimum Gasteiger partial charge on any atom is -0.483 e. The molecular weight excluding hydrogens is 484 g/mol. The number of benzene rings is 3. The Morgan fingerprint density at radius 1 is 0.889 bits per heavy atom. The van der Waals surface area contributed by atoms with Gasteiger partial charge in [0.1, 0.15) is 12.4 Å². The van der Waals surface area contributed by atoms with Crippen LogP contribution in [0.25, 0.3) is 11.1 Å². The lowest BCUT2D eigenvalue weighted by Crippen LogP contribution is -2.35. The Bertz CT molecular complexity index is 1200. The van der Waals surface area contributed by atoms with Crippen LogP contribution < -0.4 is 10.5 Å². The van der Waals surface area contributed by atoms with E-state index in [4.69, 9.17) is 15.2 Å². The van der Waals surface area contributed by atoms with Crippen molar-refractivity contribution in [1.82, 2.24) is 0 Å². The van der Waals surface area contributed by atoms with Crippen LogP contribution in [-0.4, -0.2) is 12.6 Å². The van der Waals surface area contributed by atoms with Crippen LogP contribution in [0.3, 0.4) is 0 Å². The average molecular weight is 509 g/mol. The minimum absolute atomic E-state index is 0.0209. The van der Waals surface area contributed by atoms with E-state index in [9.17, 15) is 26.3 Å². The molecule has 36 heavy (non-hydrogen) atoms. The molecule has 3 nitrogen and oxygen atoms in total. The molecule has 1 fully saturated rings. The third kappa shape index (κ3) is 5.52. The van der Waals surface area contributed by atoms with Gasteiger partial charge in [-0.1, -0.05) is 19.1 Å². The van der Waals surface area contributed by atoms with Gasteiger partial charge >= 0.3 is 0 Å². The summed E-state index contributed by atoms with van der Waals surface area (Å²) in [5.41, 5.74) is 6.47. The Kier molecular flexibility index (Phi) is 7.90. The summed E-state index contributed by atoms with van der Waals surface area (Å²) in [6.07, 6.45) is 2.11. The fourth-order valence-electron chi connectivity index (χ4n) is 4.37. The van der Waals surface area contributed by atoms with E-state index in [2.05, 4.69) is 0 Å². The van der Waals surface area contributed by atoms with Crippen molar-refractivity contribution in [3.8, 4) is 16.9 Å². The second-order valence-electron chi connectivity index (χ2n) is 8.90. The Morgan fingerprint density at radius 2 is 1.56 bits per heavy atom. The lowest BCUT2D eigenvalue weighted by atomic mass is 9.88. The smallest absolute Gasteiger partial charge is 0.194 e. The zero-order chi connectivity index (χ0) is 26.0. The van der Waals surface area contributed by atoms with Crippen LogP contribution >= 0.6 is 0 Å². The maximum absolute atomic E-state index is 14.9. The highest BCUT2D eigenvalue weighted by Crippen LogP contribution is 2.36. The molecule has 9 heteroatoms. The monoisotopic (exact) mass is 509 g/mol. The van der Waals surface area contributed by atoms with Crippen molar-refractivity contribution in [2.75, 3.05) is 6.61 Å². The van der Waals surface area contributed by atoms with E-state index in [0.29, 0.717) is 30.7 Å². The Morgan fingerprint density at radius 3 is 2.11 bits per heavy atom. The van der Waals surface area contributed by atoms with E-state index < -0.39 is 47.3 Å². The van der Waals surface area contributed by atoms with Crippen LogP contribution in [0.2, 0.25) is 0 Å². The first-order valence-corrected chi connectivity index (χ1v) is 11.6. The van der Waals surface area contributed by atoms with Gasteiger partial charge in [-0.25, -0.2) is 26.3 Å². The van der Waals surface area contributed by atoms with Gasteiger partial charge in [-0.15, -0.1) is 0 Å². The van der Waals surface area contributed by atoms with Crippen LogP contribution in [0.5, 0.6) is 5.75 Å². The lowest BCUT2D eigenvalue weighted by molar-refractivity contribution is -0.0241. The maximum Gasteiger partial charge on any atom is 0.194 e. The summed E-state index contributed by atoms with van der Waals surface area (Å²) in [6, 6.07) is 7.55. The van der Waals surface area contributed by atoms with Crippen LogP contribution in [0.15, 0.2) is 42.5 Å². The molecule has 3 unspecified atom stereocenters. The molecule has 2 N–H and O–H groups in total. The molecule has 0 spiro atoms. The summed E-state index contributed by atoms with van der Waals surface area (Å²) in [6.45, 7) is 1.89. The van der Waals surface area contributed by atoms with Crippen molar-refractivity contribution in [2.24, 2.45) is 11.7 Å². The van der Waals surface area contributed by atoms with Crippen molar-refractivity contribution >= 4 is 0 Å². The van der Waals surface area contributed by atoms with Gasteiger partial charge in [0, 0.05) is 11.6 Å². The first kappa shape index (κ1) is 26.0. The quantitative estimate of drug-likeness (QED) is 0.276. The summed E-state index contributed by atoms with van der Waals surface area (Å²) in [7, 11) is 0. The van der Waals surface area contributed by atoms with Crippen molar-refractivity contribution in [1.29, 1.82) is 0 Å². The number of hydrogen-bond donors (Lipinski definition) is 1. The molecule has 1 aliphatic heterocycles. The molecule has 3 atom stereocenters. The van der Waals surface area contributed by atoms with Crippen molar-refractivity contribution < 1.29 is 35.8 Å². The zero-order valence-corrected chi connectivity index (χ0v) is 19.5. The van der Waals surface area contributed by atoms with Crippen molar-refractivity contribution in [3.05, 3.63) is 88.5 Å². The van der Waals surface area contributed by atoms with Gasteiger partial charge in [0.05, 0.1) is 12.7 Å². The predicted molar refractivity (Wildman–Crippen MR) is 122 cm³/mol. The number of halogens is 6. The molecule has 0 aromatic heterocycles. The van der Waals surface area contributed by atoms with Gasteiger partial charge in [0.2, 0.25) is 0 Å². The molecule has 0 bridgehead atoms. The fourth-order valence-corrected chi connectivity index (χ4v) is 4.37.